The summed E-state index contributed by atoms with van der Waals surface area (Å²) in [7, 11) is 0. The van der Waals surface area contributed by atoms with Crippen LogP contribution in [0.2, 0.25) is 0 Å². The minimum atomic E-state index is -0.469. The first-order valence-electron chi connectivity index (χ1n) is 6.72. The molecule has 3 aromatic rings. The maximum atomic E-state index is 12.5. The second kappa shape index (κ2) is 5.70. The molecule has 1 unspecified atom stereocenters. The van der Waals surface area contributed by atoms with Crippen molar-refractivity contribution in [3.05, 3.63) is 54.3 Å². The van der Waals surface area contributed by atoms with Gasteiger partial charge in [-0.05, 0) is 23.8 Å². The molecule has 0 aliphatic rings. The van der Waals surface area contributed by atoms with Gasteiger partial charge in [-0.1, -0.05) is 37.3 Å². The third-order valence-corrected chi connectivity index (χ3v) is 3.20. The van der Waals surface area contributed by atoms with Gasteiger partial charge in [0, 0.05) is 5.56 Å². The van der Waals surface area contributed by atoms with Gasteiger partial charge in [0.15, 0.2) is 11.5 Å². The molecule has 0 saturated carbocycles. The number of furan rings is 1. The Morgan fingerprint density at radius 3 is 2.71 bits per heavy atom. The molecular weight excluding hydrogens is 268 g/mol. The van der Waals surface area contributed by atoms with Crippen molar-refractivity contribution >= 4 is 5.78 Å². The first kappa shape index (κ1) is 13.2. The molecule has 0 spiro atoms. The maximum absolute atomic E-state index is 12.5. The molecule has 2 aromatic heterocycles. The topological polar surface area (TPSA) is 73.8 Å². The molecule has 0 bridgehead atoms. The van der Waals surface area contributed by atoms with Crippen LogP contribution in [0.5, 0.6) is 0 Å². The van der Waals surface area contributed by atoms with E-state index in [1.165, 1.54) is 4.80 Å². The predicted molar refractivity (Wildman–Crippen MR) is 75.6 cm³/mol. The van der Waals surface area contributed by atoms with Gasteiger partial charge in [-0.3, -0.25) is 4.79 Å². The zero-order valence-electron chi connectivity index (χ0n) is 11.5. The molecule has 1 aromatic carbocycles. The van der Waals surface area contributed by atoms with Gasteiger partial charge in [0.25, 0.3) is 0 Å². The van der Waals surface area contributed by atoms with Gasteiger partial charge in [-0.15, -0.1) is 10.2 Å². The van der Waals surface area contributed by atoms with Crippen molar-refractivity contribution in [2.45, 2.75) is 19.4 Å². The van der Waals surface area contributed by atoms with Gasteiger partial charge in [0.1, 0.15) is 6.04 Å². The Kier molecular flexibility index (Phi) is 3.59. The Labute approximate surface area is 121 Å². The van der Waals surface area contributed by atoms with E-state index < -0.39 is 6.04 Å². The number of benzene rings is 1. The van der Waals surface area contributed by atoms with Gasteiger partial charge in [-0.25, -0.2) is 0 Å². The van der Waals surface area contributed by atoms with E-state index in [2.05, 4.69) is 15.4 Å². The van der Waals surface area contributed by atoms with Crippen LogP contribution in [0.1, 0.15) is 29.7 Å². The molecule has 0 fully saturated rings. The van der Waals surface area contributed by atoms with E-state index in [4.69, 9.17) is 4.42 Å². The number of ketones is 1. The first-order valence-corrected chi connectivity index (χ1v) is 6.72. The van der Waals surface area contributed by atoms with E-state index in [0.29, 0.717) is 23.6 Å². The Morgan fingerprint density at radius 2 is 2.05 bits per heavy atom. The lowest BCUT2D eigenvalue weighted by atomic mass is 10.0. The summed E-state index contributed by atoms with van der Waals surface area (Å²) in [5.41, 5.74) is 0.640. The molecule has 0 N–H and O–H groups in total. The fourth-order valence-corrected chi connectivity index (χ4v) is 2.11. The summed E-state index contributed by atoms with van der Waals surface area (Å²) in [4.78, 5) is 13.9. The number of nitrogens with zero attached hydrogens (tertiary/aromatic N) is 4. The number of tetrazole rings is 1. The number of aromatic nitrogens is 4. The summed E-state index contributed by atoms with van der Waals surface area (Å²) < 4.78 is 5.23. The summed E-state index contributed by atoms with van der Waals surface area (Å²) in [6.07, 6.45) is 2.13. The second-order valence-corrected chi connectivity index (χ2v) is 4.57. The van der Waals surface area contributed by atoms with Crippen LogP contribution in [-0.4, -0.2) is 26.0 Å². The minimum absolute atomic E-state index is 0.0264. The third-order valence-electron chi connectivity index (χ3n) is 3.20. The zero-order valence-corrected chi connectivity index (χ0v) is 11.5. The Bertz CT molecular complexity index is 719. The lowest BCUT2D eigenvalue weighted by Gasteiger charge is -2.11. The van der Waals surface area contributed by atoms with Crippen LogP contribution >= 0.6 is 0 Å². The lowest BCUT2D eigenvalue weighted by molar-refractivity contribution is 0.0903. The number of rotatable bonds is 5. The quantitative estimate of drug-likeness (QED) is 0.673. The molecule has 0 amide bonds. The Balaban J connectivity index is 1.89. The van der Waals surface area contributed by atoms with Crippen molar-refractivity contribution < 1.29 is 9.21 Å². The molecule has 3 rings (SSSR count). The fourth-order valence-electron chi connectivity index (χ4n) is 2.11. The lowest BCUT2D eigenvalue weighted by Crippen LogP contribution is -2.21. The highest BCUT2D eigenvalue weighted by molar-refractivity contribution is 5.98. The highest BCUT2D eigenvalue weighted by atomic mass is 16.3. The maximum Gasteiger partial charge on any atom is 0.240 e. The molecule has 0 saturated heterocycles. The Morgan fingerprint density at radius 1 is 1.24 bits per heavy atom. The summed E-state index contributed by atoms with van der Waals surface area (Å²) in [5, 5.41) is 12.2. The molecule has 21 heavy (non-hydrogen) atoms. The molecule has 1 atom stereocenters. The molecule has 0 aliphatic heterocycles. The molecule has 106 valence electrons. The first-order chi connectivity index (χ1) is 10.3. The van der Waals surface area contributed by atoms with Gasteiger partial charge >= 0.3 is 0 Å². The number of carbonyl (C=O) groups is 1. The van der Waals surface area contributed by atoms with Gasteiger partial charge in [0.05, 0.1) is 6.26 Å². The van der Waals surface area contributed by atoms with Crippen LogP contribution in [0.15, 0.2) is 53.1 Å². The summed E-state index contributed by atoms with van der Waals surface area (Å²) in [5.74, 6) is 0.879. The fraction of sp³-hybridized carbons (Fsp3) is 0.200. The predicted octanol–water partition coefficient (Wildman–Crippen LogP) is 2.77. The standard InChI is InChI=1S/C15H14N4O2/c1-2-12(14(20)11-7-4-3-5-8-11)19-17-15(16-18-19)13-9-6-10-21-13/h3-10,12H,2H2,1H3. The molecule has 6 nitrogen and oxygen atoms in total. The van der Waals surface area contributed by atoms with Gasteiger partial charge < -0.3 is 4.42 Å². The van der Waals surface area contributed by atoms with Crippen molar-refractivity contribution in [3.63, 3.8) is 0 Å². The molecule has 0 aliphatic carbocycles. The smallest absolute Gasteiger partial charge is 0.240 e. The van der Waals surface area contributed by atoms with E-state index in [-0.39, 0.29) is 5.78 Å². The van der Waals surface area contributed by atoms with Crippen molar-refractivity contribution in [1.29, 1.82) is 0 Å². The summed E-state index contributed by atoms with van der Waals surface area (Å²) in [6.45, 7) is 1.92. The highest BCUT2D eigenvalue weighted by Gasteiger charge is 2.23. The van der Waals surface area contributed by atoms with E-state index in [9.17, 15) is 4.79 Å². The molecular formula is C15H14N4O2. The normalized spacial score (nSPS) is 12.2. The number of hydrogen-bond donors (Lipinski definition) is 0. The highest BCUT2D eigenvalue weighted by Crippen LogP contribution is 2.19. The van der Waals surface area contributed by atoms with Crippen LogP contribution in [-0.2, 0) is 0 Å². The van der Waals surface area contributed by atoms with Gasteiger partial charge in [-0.2, -0.15) is 4.80 Å². The number of hydrogen-bond acceptors (Lipinski definition) is 5. The summed E-state index contributed by atoms with van der Waals surface area (Å²) >= 11 is 0. The average molecular weight is 282 g/mol. The Hall–Kier alpha value is -2.76. The zero-order chi connectivity index (χ0) is 14.7. The minimum Gasteiger partial charge on any atom is -0.461 e. The number of carbonyl (C=O) groups excluding carboxylic acids is 1. The van der Waals surface area contributed by atoms with Crippen molar-refractivity contribution in [2.75, 3.05) is 0 Å². The van der Waals surface area contributed by atoms with E-state index in [1.807, 2.05) is 25.1 Å². The van der Waals surface area contributed by atoms with Crippen LogP contribution in [0.25, 0.3) is 11.6 Å². The molecule has 2 heterocycles. The van der Waals surface area contributed by atoms with E-state index in [0.717, 1.165) is 0 Å². The second-order valence-electron chi connectivity index (χ2n) is 4.57. The van der Waals surface area contributed by atoms with Crippen LogP contribution in [0.3, 0.4) is 0 Å². The summed E-state index contributed by atoms with van der Waals surface area (Å²) in [6, 6.07) is 12.2. The molecule has 6 heteroatoms. The van der Waals surface area contributed by atoms with Crippen LogP contribution in [0, 0.1) is 0 Å². The number of Topliss-reactive ketones (excluding diaryl/α,β-unsaturated/α-hetero) is 1. The third kappa shape index (κ3) is 2.60. The van der Waals surface area contributed by atoms with E-state index >= 15 is 0 Å². The monoisotopic (exact) mass is 282 g/mol. The van der Waals surface area contributed by atoms with E-state index in [1.54, 1.807) is 30.5 Å². The largest absolute Gasteiger partial charge is 0.461 e. The van der Waals surface area contributed by atoms with Gasteiger partial charge in [0.2, 0.25) is 5.82 Å². The van der Waals surface area contributed by atoms with Crippen molar-refractivity contribution in [2.24, 2.45) is 0 Å². The average Bonchev–Trinajstić information content (AvgIpc) is 3.20. The molecule has 0 radical (unpaired) electrons. The SMILES string of the molecule is CCC(C(=O)c1ccccc1)n1nnc(-c2ccco2)n1. The van der Waals surface area contributed by atoms with Crippen LogP contribution < -0.4 is 0 Å². The van der Waals surface area contributed by atoms with Crippen molar-refractivity contribution in [1.82, 2.24) is 20.2 Å². The van der Waals surface area contributed by atoms with Crippen molar-refractivity contribution in [3.8, 4) is 11.6 Å². The van der Waals surface area contributed by atoms with Crippen LogP contribution in [0.4, 0.5) is 0 Å².